The van der Waals surface area contributed by atoms with Gasteiger partial charge in [-0.1, -0.05) is 13.8 Å². The number of aliphatic carboxylic acids is 1. The monoisotopic (exact) mass is 1160 g/mol. The summed E-state index contributed by atoms with van der Waals surface area (Å²) in [6.45, 7) is -1.28. The van der Waals surface area contributed by atoms with E-state index < -0.39 is 193 Å². The number of rotatable bonds is 22. The van der Waals surface area contributed by atoms with E-state index in [-0.39, 0.29) is 55.7 Å². The fourth-order valence-corrected chi connectivity index (χ4v) is 8.72. The average molecular weight is 1160 g/mol. The minimum atomic E-state index is -6.96. The van der Waals surface area contributed by atoms with Crippen molar-refractivity contribution in [1.29, 1.82) is 0 Å². The predicted molar refractivity (Wildman–Crippen MR) is 177 cm³/mol. The number of likely N-dealkylation sites (N-methyl/N-ethyl adjacent to an activating group) is 2. The standard InChI is InChI=1S/C16H20F13NO4S.C15H18F13NO4S.K/c1-3-30(8-11(31)34-2)35(32,33)5-4-9(13(18,19)20)6-10(14(21,22)23)7-12(17,15(24,25)26)16(27,28)29;1-2-29(7-10(30)31)34(32,33)4-3-8(12(17,18)19)5-9(13(20,21)22)6-11(16,14(23,24)25)15(26,27)28;/h9-10H,3-8H2,1-2H3;8-9H,2-7H2,1H3,(H,30,31);/q;;+1/p-1. The van der Waals surface area contributed by atoms with Gasteiger partial charge in [0.05, 0.1) is 54.8 Å². The van der Waals surface area contributed by atoms with Crippen LogP contribution in [0.1, 0.15) is 52.4 Å². The molecular weight excluding hydrogens is 1130 g/mol. The van der Waals surface area contributed by atoms with E-state index in [0.29, 0.717) is 4.31 Å². The Balaban J connectivity index is -0.00000127. The van der Waals surface area contributed by atoms with Crippen molar-refractivity contribution in [2.75, 3.05) is 44.8 Å². The first kappa shape index (κ1) is 72.8. The summed E-state index contributed by atoms with van der Waals surface area (Å²) in [7, 11) is -8.81. The van der Waals surface area contributed by atoms with Crippen LogP contribution in [0.25, 0.3) is 0 Å². The van der Waals surface area contributed by atoms with Gasteiger partial charge >= 0.3 is 107 Å². The van der Waals surface area contributed by atoms with Crippen molar-refractivity contribution in [2.45, 2.75) is 113 Å². The van der Waals surface area contributed by atoms with Gasteiger partial charge in [-0.2, -0.15) is 114 Å². The van der Waals surface area contributed by atoms with Gasteiger partial charge in [0.1, 0.15) is 6.54 Å². The molecule has 0 saturated heterocycles. The molecule has 10 nitrogen and oxygen atoms in total. The quantitative estimate of drug-likeness (QED) is 0.0740. The molecule has 414 valence electrons. The molecule has 39 heteroatoms. The summed E-state index contributed by atoms with van der Waals surface area (Å²) in [5, 5.41) is 10.5. The van der Waals surface area contributed by atoms with Crippen molar-refractivity contribution < 1.29 is 202 Å². The maximum Gasteiger partial charge on any atom is 1.00 e. The van der Waals surface area contributed by atoms with Crippen LogP contribution in [0.2, 0.25) is 0 Å². The summed E-state index contributed by atoms with van der Waals surface area (Å²) in [4.78, 5) is 21.7. The van der Waals surface area contributed by atoms with Gasteiger partial charge in [-0.25, -0.2) is 25.6 Å². The van der Waals surface area contributed by atoms with E-state index in [1.54, 1.807) is 0 Å². The molecular formula is C31H37F26KN2O8S2. The second kappa shape index (κ2) is 25.9. The van der Waals surface area contributed by atoms with Gasteiger partial charge in [0, 0.05) is 25.9 Å². The molecule has 0 spiro atoms. The van der Waals surface area contributed by atoms with Crippen molar-refractivity contribution in [3.05, 3.63) is 0 Å². The Morgan fingerprint density at radius 1 is 0.471 bits per heavy atom. The molecule has 0 rings (SSSR count). The Bertz CT molecular complexity index is 1830. The molecule has 70 heavy (non-hydrogen) atoms. The molecule has 0 heterocycles. The van der Waals surface area contributed by atoms with Crippen LogP contribution in [0.4, 0.5) is 114 Å². The van der Waals surface area contributed by atoms with Crippen molar-refractivity contribution in [3.63, 3.8) is 0 Å². The number of ether oxygens (including phenoxy) is 1. The van der Waals surface area contributed by atoms with Gasteiger partial charge in [-0.05, 0) is 25.7 Å². The summed E-state index contributed by atoms with van der Waals surface area (Å²) in [5.41, 5.74) is -13.0. The van der Waals surface area contributed by atoms with Gasteiger partial charge in [0.15, 0.2) is 0 Å². The summed E-state index contributed by atoms with van der Waals surface area (Å²) < 4.78 is 391. The Morgan fingerprint density at radius 3 is 0.900 bits per heavy atom. The number of halogens is 26. The molecule has 0 bridgehead atoms. The van der Waals surface area contributed by atoms with Crippen LogP contribution in [-0.4, -0.2) is 143 Å². The fraction of sp³-hybridized carbons (Fsp3) is 0.935. The summed E-state index contributed by atoms with van der Waals surface area (Å²) in [5.74, 6) is -21.4. The van der Waals surface area contributed by atoms with Crippen LogP contribution in [0, 0.1) is 23.7 Å². The zero-order valence-corrected chi connectivity index (χ0v) is 40.4. The number of alkyl halides is 26. The molecule has 0 aromatic heterocycles. The third kappa shape index (κ3) is 21.8. The van der Waals surface area contributed by atoms with E-state index in [1.807, 2.05) is 0 Å². The number of carbonyl (C=O) groups is 2. The third-order valence-electron chi connectivity index (χ3n) is 9.62. The number of carboxylic acid groups (broad SMARTS) is 1. The smallest absolute Gasteiger partial charge is 0.549 e. The molecule has 0 amide bonds. The van der Waals surface area contributed by atoms with Gasteiger partial charge < -0.3 is 14.6 Å². The average Bonchev–Trinajstić information content (AvgIpc) is 3.10. The summed E-state index contributed by atoms with van der Waals surface area (Å²) in [6, 6.07) is 0. The van der Waals surface area contributed by atoms with Crippen LogP contribution in [0.15, 0.2) is 0 Å². The molecule has 0 radical (unpaired) electrons. The van der Waals surface area contributed by atoms with Crippen LogP contribution in [0.5, 0.6) is 0 Å². The van der Waals surface area contributed by atoms with E-state index in [1.165, 1.54) is 0 Å². The molecule has 0 fully saturated rings. The van der Waals surface area contributed by atoms with E-state index >= 15 is 0 Å². The maximum atomic E-state index is 13.8. The number of methoxy groups -OCH3 is 1. The molecule has 0 aromatic carbocycles. The number of hydrogen-bond donors (Lipinski definition) is 0. The van der Waals surface area contributed by atoms with E-state index in [9.17, 15) is 146 Å². The Morgan fingerprint density at radius 2 is 0.714 bits per heavy atom. The molecule has 0 aromatic rings. The fourth-order valence-electron chi connectivity index (χ4n) is 5.65. The molecule has 0 aliphatic rings. The molecule has 0 aliphatic heterocycles. The molecule has 4 atom stereocenters. The Hall–Kier alpha value is -1.42. The number of carbonyl (C=O) groups excluding carboxylic acids is 2. The minimum Gasteiger partial charge on any atom is -0.549 e. The second-order valence-electron chi connectivity index (χ2n) is 14.4. The zero-order chi connectivity index (χ0) is 55.8. The van der Waals surface area contributed by atoms with Crippen molar-refractivity contribution in [2.24, 2.45) is 23.7 Å². The number of nitrogens with zero attached hydrogens (tertiary/aromatic N) is 2. The summed E-state index contributed by atoms with van der Waals surface area (Å²) >= 11 is 0. The topological polar surface area (TPSA) is 141 Å². The summed E-state index contributed by atoms with van der Waals surface area (Å²) in [6.07, 6.45) is -67.1. The van der Waals surface area contributed by atoms with E-state index in [0.717, 1.165) is 21.0 Å². The Kier molecular flexibility index (Phi) is 26.9. The van der Waals surface area contributed by atoms with Gasteiger partial charge in [0.25, 0.3) is 11.3 Å². The molecule has 0 N–H and O–H groups in total. The second-order valence-corrected chi connectivity index (χ2v) is 18.6. The van der Waals surface area contributed by atoms with Crippen molar-refractivity contribution in [3.8, 4) is 0 Å². The third-order valence-corrected chi connectivity index (χ3v) is 13.5. The van der Waals surface area contributed by atoms with Gasteiger partial charge in [-0.15, -0.1) is 0 Å². The normalized spacial score (nSPS) is 16.2. The number of hydrogen-bond acceptors (Lipinski definition) is 8. The first-order chi connectivity index (χ1) is 30.1. The SMILES string of the molecule is CCN(CC(=O)OC)S(=O)(=O)CCC(CC(CC(F)(C(F)(F)F)C(F)(F)F)C(F)(F)F)C(F)(F)F.CCN(CC(=O)[O-])S(=O)(=O)CCC(CC(CC(F)(C(F)(F)F)C(F)(F)F)C(F)(F)F)C(F)(F)F.[K+]. The first-order valence-corrected chi connectivity index (χ1v) is 21.5. The number of sulfonamides is 2. The molecule has 0 aliphatic carbocycles. The predicted octanol–water partition coefficient (Wildman–Crippen LogP) is 5.92. The van der Waals surface area contributed by atoms with E-state index in [4.69, 9.17) is 0 Å². The van der Waals surface area contributed by atoms with Crippen LogP contribution >= 0.6 is 0 Å². The van der Waals surface area contributed by atoms with Crippen molar-refractivity contribution in [1.82, 2.24) is 8.61 Å². The van der Waals surface area contributed by atoms with Crippen LogP contribution < -0.4 is 56.5 Å². The van der Waals surface area contributed by atoms with Crippen LogP contribution in [0.3, 0.4) is 0 Å². The van der Waals surface area contributed by atoms with Crippen LogP contribution in [-0.2, 0) is 34.4 Å². The maximum absolute atomic E-state index is 13.8. The molecule has 0 saturated carbocycles. The Labute approximate surface area is 421 Å². The largest absolute Gasteiger partial charge is 1.00 e. The van der Waals surface area contributed by atoms with E-state index in [2.05, 4.69) is 4.74 Å². The van der Waals surface area contributed by atoms with Gasteiger partial charge in [-0.3, -0.25) is 4.79 Å². The number of carboxylic acids is 1. The first-order valence-electron chi connectivity index (χ1n) is 18.3. The number of esters is 1. The van der Waals surface area contributed by atoms with Gasteiger partial charge in [0.2, 0.25) is 20.0 Å². The zero-order valence-electron chi connectivity index (χ0n) is 35.6. The minimum absolute atomic E-state index is 0. The molecule has 4 unspecified atom stereocenters. The van der Waals surface area contributed by atoms with Crippen molar-refractivity contribution >= 4 is 32.0 Å².